The molecule has 21 heavy (non-hydrogen) atoms. The summed E-state index contributed by atoms with van der Waals surface area (Å²) < 4.78 is 23.1. The van der Waals surface area contributed by atoms with E-state index in [9.17, 15) is 18.3 Å². The van der Waals surface area contributed by atoms with Crippen LogP contribution in [0.1, 0.15) is 12.0 Å². The first-order valence-electron chi connectivity index (χ1n) is 6.81. The van der Waals surface area contributed by atoms with E-state index < -0.39 is 9.84 Å². The number of benzene rings is 1. The Morgan fingerprint density at radius 2 is 2.05 bits per heavy atom. The molecule has 116 valence electrons. The maximum Gasteiger partial charge on any atom is 0.224 e. The highest BCUT2D eigenvalue weighted by Crippen LogP contribution is 2.12. The van der Waals surface area contributed by atoms with Crippen molar-refractivity contribution in [2.24, 2.45) is 0 Å². The Labute approximate surface area is 124 Å². The van der Waals surface area contributed by atoms with Gasteiger partial charge in [-0.3, -0.25) is 4.79 Å². The first-order valence-corrected chi connectivity index (χ1v) is 8.63. The molecule has 1 aromatic carbocycles. The number of sulfone groups is 1. The second-order valence-corrected chi connectivity index (χ2v) is 7.61. The number of amides is 1. The van der Waals surface area contributed by atoms with Gasteiger partial charge in [0.1, 0.15) is 5.75 Å². The number of phenolic OH excluding ortho intramolecular Hbond substituents is 1. The summed E-state index contributed by atoms with van der Waals surface area (Å²) in [6.07, 6.45) is 0.174. The third kappa shape index (κ3) is 4.71. The molecule has 1 aliphatic heterocycles. The Bertz CT molecular complexity index is 598. The van der Waals surface area contributed by atoms with E-state index in [0.29, 0.717) is 13.1 Å². The van der Waals surface area contributed by atoms with Crippen molar-refractivity contribution < 1.29 is 18.3 Å². The minimum atomic E-state index is -3.03. The molecule has 0 spiro atoms. The number of carbonyl (C=O) groups is 1. The molecule has 2 N–H and O–H groups in total. The quantitative estimate of drug-likeness (QED) is 0.825. The third-order valence-corrected chi connectivity index (χ3v) is 5.24. The van der Waals surface area contributed by atoms with Gasteiger partial charge in [0.15, 0.2) is 9.84 Å². The van der Waals surface area contributed by atoms with Crippen LogP contribution in [0.15, 0.2) is 24.3 Å². The summed E-state index contributed by atoms with van der Waals surface area (Å²) in [7, 11) is -1.34. The topological polar surface area (TPSA) is 86.7 Å². The van der Waals surface area contributed by atoms with E-state index in [1.54, 1.807) is 36.2 Å². The van der Waals surface area contributed by atoms with Crippen LogP contribution in [-0.4, -0.2) is 55.5 Å². The number of carbonyl (C=O) groups excluding carboxylic acids is 1. The predicted molar refractivity (Wildman–Crippen MR) is 79.6 cm³/mol. The number of rotatable bonds is 4. The summed E-state index contributed by atoms with van der Waals surface area (Å²) in [4.78, 5) is 13.7. The van der Waals surface area contributed by atoms with Gasteiger partial charge in [0.05, 0.1) is 11.5 Å². The molecule has 1 unspecified atom stereocenters. The Balaban J connectivity index is 1.89. The average molecular weight is 312 g/mol. The molecular weight excluding hydrogens is 292 g/mol. The van der Waals surface area contributed by atoms with Gasteiger partial charge in [-0.25, -0.2) is 8.42 Å². The van der Waals surface area contributed by atoms with Crippen LogP contribution in [0.5, 0.6) is 5.75 Å². The van der Waals surface area contributed by atoms with E-state index in [2.05, 4.69) is 5.32 Å². The molecule has 1 aromatic rings. The smallest absolute Gasteiger partial charge is 0.224 e. The van der Waals surface area contributed by atoms with Crippen LogP contribution in [0.25, 0.3) is 0 Å². The molecule has 0 aromatic heterocycles. The molecule has 1 saturated heterocycles. The zero-order chi connectivity index (χ0) is 15.5. The van der Waals surface area contributed by atoms with Gasteiger partial charge in [0.25, 0.3) is 0 Å². The first kappa shape index (κ1) is 15.8. The zero-order valence-electron chi connectivity index (χ0n) is 11.9. The van der Waals surface area contributed by atoms with Crippen LogP contribution < -0.4 is 5.32 Å². The van der Waals surface area contributed by atoms with Crippen LogP contribution in [0.4, 0.5) is 0 Å². The summed E-state index contributed by atoms with van der Waals surface area (Å²) in [5, 5.41) is 12.3. The Morgan fingerprint density at radius 1 is 1.38 bits per heavy atom. The number of nitrogens with one attached hydrogen (secondary N) is 1. The fraction of sp³-hybridized carbons (Fsp3) is 0.500. The zero-order valence-corrected chi connectivity index (χ0v) is 12.8. The molecule has 7 heteroatoms. The molecule has 0 aliphatic carbocycles. The van der Waals surface area contributed by atoms with Crippen molar-refractivity contribution in [2.45, 2.75) is 19.0 Å². The molecule has 0 bridgehead atoms. The predicted octanol–water partition coefficient (Wildman–Crippen LogP) is 0.127. The lowest BCUT2D eigenvalue weighted by atomic mass is 10.1. The highest BCUT2D eigenvalue weighted by Gasteiger charge is 2.26. The lowest BCUT2D eigenvalue weighted by Crippen LogP contribution is -2.47. The minimum Gasteiger partial charge on any atom is -0.508 e. The van der Waals surface area contributed by atoms with E-state index in [1.807, 2.05) is 0 Å². The highest BCUT2D eigenvalue weighted by atomic mass is 32.2. The molecule has 0 saturated carbocycles. The summed E-state index contributed by atoms with van der Waals surface area (Å²) in [6.45, 7) is 0.834. The van der Waals surface area contributed by atoms with Gasteiger partial charge in [-0.05, 0) is 17.7 Å². The average Bonchev–Trinajstić information content (AvgIpc) is 2.40. The molecule has 1 heterocycles. The maximum atomic E-state index is 12.1. The van der Waals surface area contributed by atoms with E-state index in [1.165, 1.54) is 0 Å². The fourth-order valence-electron chi connectivity index (χ4n) is 2.33. The summed E-state index contributed by atoms with van der Waals surface area (Å²) in [5.74, 6) is 0.245. The molecule has 0 radical (unpaired) electrons. The lowest BCUT2D eigenvalue weighted by Gasteiger charge is -2.25. The van der Waals surface area contributed by atoms with Crippen molar-refractivity contribution in [2.75, 3.05) is 25.1 Å². The van der Waals surface area contributed by atoms with E-state index in [4.69, 9.17) is 0 Å². The van der Waals surface area contributed by atoms with Crippen LogP contribution in [0.3, 0.4) is 0 Å². The summed E-state index contributed by atoms with van der Waals surface area (Å²) in [5.41, 5.74) is 0.910. The van der Waals surface area contributed by atoms with Gasteiger partial charge < -0.3 is 15.3 Å². The molecule has 6 nitrogen and oxygen atoms in total. The number of hydrogen-bond acceptors (Lipinski definition) is 5. The number of phenols is 1. The van der Waals surface area contributed by atoms with Crippen LogP contribution in [0, 0.1) is 0 Å². The van der Waals surface area contributed by atoms with Crippen molar-refractivity contribution in [1.29, 1.82) is 0 Å². The molecule has 1 amide bonds. The SMILES string of the molecule is CN(Cc1ccc(O)cc1)C(=O)CC1CS(=O)(=O)CCN1. The van der Waals surface area contributed by atoms with Gasteiger partial charge in [0, 0.05) is 32.6 Å². The van der Waals surface area contributed by atoms with Crippen LogP contribution in [-0.2, 0) is 21.2 Å². The summed E-state index contributed by atoms with van der Waals surface area (Å²) >= 11 is 0. The monoisotopic (exact) mass is 312 g/mol. The third-order valence-electron chi connectivity index (χ3n) is 3.50. The van der Waals surface area contributed by atoms with Gasteiger partial charge in [-0.1, -0.05) is 12.1 Å². The standard InChI is InChI=1S/C14H20N2O4S/c1-16(9-11-2-4-13(17)5-3-11)14(18)8-12-10-21(19,20)7-6-15-12/h2-5,12,15,17H,6-10H2,1H3. The lowest BCUT2D eigenvalue weighted by molar-refractivity contribution is -0.130. The highest BCUT2D eigenvalue weighted by molar-refractivity contribution is 7.91. The molecular formula is C14H20N2O4S. The van der Waals surface area contributed by atoms with Crippen molar-refractivity contribution in [3.8, 4) is 5.75 Å². The van der Waals surface area contributed by atoms with E-state index >= 15 is 0 Å². The first-order chi connectivity index (χ1) is 9.85. The van der Waals surface area contributed by atoms with E-state index in [-0.39, 0.29) is 35.6 Å². The van der Waals surface area contributed by atoms with Gasteiger partial charge >= 0.3 is 0 Å². The number of nitrogens with zero attached hydrogens (tertiary/aromatic N) is 1. The van der Waals surface area contributed by atoms with Crippen molar-refractivity contribution in [3.05, 3.63) is 29.8 Å². The second-order valence-electron chi connectivity index (χ2n) is 5.39. The van der Waals surface area contributed by atoms with Crippen LogP contribution >= 0.6 is 0 Å². The summed E-state index contributed by atoms with van der Waals surface area (Å²) in [6, 6.07) is 6.34. The molecule has 1 fully saturated rings. The number of hydrogen-bond donors (Lipinski definition) is 2. The normalized spacial score (nSPS) is 20.9. The Morgan fingerprint density at radius 3 is 2.67 bits per heavy atom. The van der Waals surface area contributed by atoms with Gasteiger partial charge in [-0.15, -0.1) is 0 Å². The van der Waals surface area contributed by atoms with Gasteiger partial charge in [0.2, 0.25) is 5.91 Å². The minimum absolute atomic E-state index is 0.0196. The Kier molecular flexibility index (Phi) is 4.84. The molecule has 2 rings (SSSR count). The Hall–Kier alpha value is -1.60. The fourth-order valence-corrected chi connectivity index (χ4v) is 3.77. The molecule has 1 atom stereocenters. The van der Waals surface area contributed by atoms with Crippen molar-refractivity contribution in [1.82, 2.24) is 10.2 Å². The van der Waals surface area contributed by atoms with Crippen molar-refractivity contribution in [3.63, 3.8) is 0 Å². The van der Waals surface area contributed by atoms with Crippen molar-refractivity contribution >= 4 is 15.7 Å². The second kappa shape index (κ2) is 6.44. The van der Waals surface area contributed by atoms with Crippen LogP contribution in [0.2, 0.25) is 0 Å². The molecule has 1 aliphatic rings. The van der Waals surface area contributed by atoms with Gasteiger partial charge in [-0.2, -0.15) is 0 Å². The van der Waals surface area contributed by atoms with E-state index in [0.717, 1.165) is 5.56 Å². The largest absolute Gasteiger partial charge is 0.508 e. The number of aromatic hydroxyl groups is 1. The maximum absolute atomic E-state index is 12.1.